The van der Waals surface area contributed by atoms with E-state index in [0.29, 0.717) is 42.4 Å². The maximum Gasteiger partial charge on any atom is 0.402 e. The number of alkyl halides is 35. The molecule has 8 rings (SSSR count). The van der Waals surface area contributed by atoms with Crippen molar-refractivity contribution in [3.05, 3.63) is 0 Å². The highest BCUT2D eigenvalue weighted by Crippen LogP contribution is 2.65. The first kappa shape index (κ1) is 119. The topological polar surface area (TPSA) is 0 Å². The molecule has 0 radical (unpaired) electrons. The van der Waals surface area contributed by atoms with Crippen molar-refractivity contribution in [2.75, 3.05) is 0 Å². The van der Waals surface area contributed by atoms with E-state index in [1.165, 1.54) is 74.7 Å². The Hall–Kier alpha value is -2.45. The quantitative estimate of drug-likeness (QED) is 0.242. The van der Waals surface area contributed by atoms with Crippen molar-refractivity contribution in [3.63, 3.8) is 0 Å². The van der Waals surface area contributed by atoms with Gasteiger partial charge in [-0.15, -0.1) is 0 Å². The minimum atomic E-state index is -5.36. The molecular formula is C88H149F35. The van der Waals surface area contributed by atoms with Gasteiger partial charge in [0.15, 0.2) is 5.41 Å². The minimum Gasteiger partial charge on any atom is -0.247 e. The molecule has 0 aromatic rings. The van der Waals surface area contributed by atoms with Crippen LogP contribution in [0.5, 0.6) is 0 Å². The van der Waals surface area contributed by atoms with Crippen LogP contribution in [0.1, 0.15) is 323 Å². The molecular weight excluding hydrogens is 1720 g/mol. The molecule has 8 aliphatic carbocycles. The molecule has 8 fully saturated rings. The fourth-order valence-corrected chi connectivity index (χ4v) is 15.4. The Bertz CT molecular complexity index is 2920. The molecule has 18 unspecified atom stereocenters. The van der Waals surface area contributed by atoms with Crippen LogP contribution in [-0.2, 0) is 0 Å². The van der Waals surface area contributed by atoms with Crippen LogP contribution in [0.15, 0.2) is 0 Å². The van der Waals surface area contributed by atoms with Crippen molar-refractivity contribution in [3.8, 4) is 0 Å². The maximum absolute atomic E-state index is 12.9. The molecule has 23 atom stereocenters. The van der Waals surface area contributed by atoms with Crippen LogP contribution >= 0.6 is 0 Å². The standard InChI is InChI=1S/C10H14F6.2C9H15F3.C8H13F3.C8H16.C7H7F7.C7H11F3.C6H8F6.C6H11F3.C6H11F.2C6H14/c1-4-5(2)8(10(14,15)16)6(3)7(4)9(11,12)13;2*1-6-4-3-5-8(7(6)2)9(10,11)12;1-5-3-6(2)7(4-5)8(9,10)11;1-6-4-5-7(2)8(6)3;1-3-5(9,10)4(2,8)7(13,14)6(3,11)12;1-3-5(8)4(2)7(10)6(3)9;1-3-4(2,5(7,8)9)6(10,11)12;1-4-5(2,3)6(7,8)9;1-5-3-6(2,7)4-5;2*1-5-6(2,3)4/h4-8H,1-3H3;2*6-8H,3-5H2,1-2H3;5-7H,3-4H2,1-2H3;6-8H,4-5H2,1-3H3;3H,1-2H3;3-7H,1-2H3;3H2,1-2H3;4H2,1-3H3;5H,3-4H2,1-2H3;2*5H2,1-4H3/t4-,5?,6?,7?,8?;2*6?,7-,8?;5-,6?,7?;;;3-,4?,5?,6?,7?;;;;;/m1110..0...../s1/i;7D;;;8D;;;;;;5D2;. The third-order valence-corrected chi connectivity index (χ3v) is 27.0. The molecule has 0 aromatic heterocycles. The Morgan fingerprint density at radius 1 is 0.325 bits per heavy atom. The Morgan fingerprint density at radius 2 is 0.650 bits per heavy atom. The number of hydrogen-bond donors (Lipinski definition) is 0. The Kier molecular flexibility index (Phi) is 46.0. The molecule has 746 valence electrons. The summed E-state index contributed by atoms with van der Waals surface area (Å²) in [5, 5.41) is 0. The second-order valence-corrected chi connectivity index (χ2v) is 39.5. The van der Waals surface area contributed by atoms with Gasteiger partial charge in [0.1, 0.15) is 24.2 Å². The van der Waals surface area contributed by atoms with E-state index in [4.69, 9.17) is 5.48 Å². The molecule has 0 bridgehead atoms. The zero-order valence-electron chi connectivity index (χ0n) is 81.5. The van der Waals surface area contributed by atoms with Gasteiger partial charge in [0.2, 0.25) is 5.67 Å². The molecule has 0 aliphatic heterocycles. The predicted molar refractivity (Wildman–Crippen MR) is 418 cm³/mol. The lowest BCUT2D eigenvalue weighted by molar-refractivity contribution is -0.335. The highest BCUT2D eigenvalue weighted by atomic mass is 19.4. The van der Waals surface area contributed by atoms with Gasteiger partial charge < -0.3 is 0 Å². The summed E-state index contributed by atoms with van der Waals surface area (Å²) in [5.41, 5.74) is -10.1. The van der Waals surface area contributed by atoms with Crippen molar-refractivity contribution < 1.29 is 159 Å². The van der Waals surface area contributed by atoms with Crippen LogP contribution in [0.25, 0.3) is 0 Å². The molecule has 35 heteroatoms. The molecule has 123 heavy (non-hydrogen) atoms. The van der Waals surface area contributed by atoms with E-state index in [1.807, 2.05) is 34.6 Å². The zero-order valence-corrected chi connectivity index (χ0v) is 77.5. The van der Waals surface area contributed by atoms with Crippen LogP contribution in [0.2, 0.25) is 0 Å². The van der Waals surface area contributed by atoms with Gasteiger partial charge in [0.25, 0.3) is 5.92 Å². The second-order valence-electron chi connectivity index (χ2n) is 39.5. The average molecular weight is 1880 g/mol. The third-order valence-electron chi connectivity index (χ3n) is 27.0. The van der Waals surface area contributed by atoms with Gasteiger partial charge in [-0.25, -0.2) is 30.7 Å². The monoisotopic (exact) mass is 1880 g/mol. The first-order valence-electron chi connectivity index (χ1n) is 44.3. The van der Waals surface area contributed by atoms with Crippen LogP contribution in [-0.4, -0.2) is 97.0 Å². The van der Waals surface area contributed by atoms with Crippen LogP contribution in [0, 0.1) is 146 Å². The molecule has 0 amide bonds. The average Bonchev–Trinajstić information content (AvgIpc) is 1.53. The summed E-state index contributed by atoms with van der Waals surface area (Å²) < 4.78 is 463. The Balaban J connectivity index is -0.000000655. The number of halogens is 35. The summed E-state index contributed by atoms with van der Waals surface area (Å²) in [6, 6.07) is 0. The van der Waals surface area contributed by atoms with Crippen LogP contribution < -0.4 is 0 Å². The summed E-state index contributed by atoms with van der Waals surface area (Å²) in [5.74, 6) is -30.0. The number of hydrogen-bond acceptors (Lipinski definition) is 0. The van der Waals surface area contributed by atoms with Crippen LogP contribution in [0.4, 0.5) is 154 Å². The molecule has 0 nitrogen and oxygen atoms in total. The molecule has 0 heterocycles. The van der Waals surface area contributed by atoms with Crippen molar-refractivity contribution in [2.45, 2.75) is 414 Å². The highest BCUT2D eigenvalue weighted by molar-refractivity contribution is 5.19. The molecule has 8 saturated carbocycles. The van der Waals surface area contributed by atoms with Gasteiger partial charge in [0, 0.05) is 17.3 Å². The SMILES string of the molecule is CC1C(C(F)(F)F)C(C)[C@@H](C)C1C(F)(F)F.CC1C(F)(F)C(C)(F)C(F)(F)C1(F)F.CC1C(F)C(F)[C@@H](C)C1F.CC1CC(C)(F)C1.CC1CCCC(C(F)(F)F)[C@@H]1C.CC1C[C@H](C)CC1C(F)(F)F.CCC(C)(C(F)(F)F)C(F)(F)F.CCC(C)(C)C.CCC(C)(C)C(F)(F)F.[2H]C([2H])(C)C(C)(C)C.[2H]C1(C)C(C)CCC1C.[2H][C@@]1(C)C(C)CCCC1C(F)(F)F. The summed E-state index contributed by atoms with van der Waals surface area (Å²) in [4.78, 5) is 0. The lowest BCUT2D eigenvalue weighted by Crippen LogP contribution is -2.52. The van der Waals surface area contributed by atoms with Gasteiger partial charge >= 0.3 is 61.3 Å². The summed E-state index contributed by atoms with van der Waals surface area (Å²) >= 11 is 0. The van der Waals surface area contributed by atoms with E-state index in [-0.39, 0.29) is 74.5 Å². The minimum absolute atomic E-state index is 0.119. The first-order valence-corrected chi connectivity index (χ1v) is 42.3. The van der Waals surface area contributed by atoms with E-state index >= 15 is 0 Å². The van der Waals surface area contributed by atoms with Gasteiger partial charge in [-0.1, -0.05) is 245 Å². The summed E-state index contributed by atoms with van der Waals surface area (Å²) in [7, 11) is 0. The second kappa shape index (κ2) is 47.8. The summed E-state index contributed by atoms with van der Waals surface area (Å²) in [6.07, 6.45) is -32.4. The van der Waals surface area contributed by atoms with Gasteiger partial charge in [-0.3, -0.25) is 0 Å². The van der Waals surface area contributed by atoms with Crippen LogP contribution in [0.3, 0.4) is 0 Å². The molecule has 0 saturated heterocycles. The smallest absolute Gasteiger partial charge is 0.247 e. The lowest BCUT2D eigenvalue weighted by Gasteiger charge is -2.36. The molecule has 0 spiro atoms. The molecule has 0 N–H and O–H groups in total. The van der Waals surface area contributed by atoms with Crippen molar-refractivity contribution in [2.24, 2.45) is 146 Å². The first-order chi connectivity index (χ1) is 55.4. The van der Waals surface area contributed by atoms with Crippen molar-refractivity contribution in [1.82, 2.24) is 0 Å². The lowest BCUT2D eigenvalue weighted by atomic mass is 9.73. The zero-order chi connectivity index (χ0) is 103. The van der Waals surface area contributed by atoms with Gasteiger partial charge in [-0.2, -0.15) is 123 Å². The molecule has 0 aromatic carbocycles. The molecule has 8 aliphatic rings. The van der Waals surface area contributed by atoms with Crippen molar-refractivity contribution >= 4 is 0 Å². The fourth-order valence-electron chi connectivity index (χ4n) is 15.4. The van der Waals surface area contributed by atoms with Gasteiger partial charge in [0.05, 0.1) is 40.9 Å². The van der Waals surface area contributed by atoms with E-state index < -0.39 is 192 Å². The van der Waals surface area contributed by atoms with Crippen molar-refractivity contribution in [1.29, 1.82) is 0 Å². The number of rotatable bonds is 2. The normalized spacial score (nSPS) is 37.3. The fraction of sp³-hybridized carbons (Fsp3) is 1.00. The van der Waals surface area contributed by atoms with E-state index in [2.05, 4.69) is 55.4 Å². The van der Waals surface area contributed by atoms with E-state index in [9.17, 15) is 154 Å². The van der Waals surface area contributed by atoms with Gasteiger partial charge in [-0.05, 0) is 160 Å². The third kappa shape index (κ3) is 38.0. The largest absolute Gasteiger partial charge is 0.402 e. The predicted octanol–water partition coefficient (Wildman–Crippen LogP) is 36.5. The Morgan fingerprint density at radius 3 is 0.780 bits per heavy atom. The van der Waals surface area contributed by atoms with E-state index in [0.717, 1.165) is 52.4 Å². The van der Waals surface area contributed by atoms with E-state index in [1.54, 1.807) is 34.6 Å². The summed E-state index contributed by atoms with van der Waals surface area (Å²) in [6.45, 7) is 48.2. The Labute approximate surface area is 717 Å². The highest BCUT2D eigenvalue weighted by Gasteiger charge is 2.88. The maximum atomic E-state index is 12.9.